The summed E-state index contributed by atoms with van der Waals surface area (Å²) >= 11 is 0. The van der Waals surface area contributed by atoms with Crippen molar-refractivity contribution in [3.63, 3.8) is 0 Å². The van der Waals surface area contributed by atoms with Crippen LogP contribution in [0.4, 0.5) is 10.5 Å². The van der Waals surface area contributed by atoms with Gasteiger partial charge in [0.1, 0.15) is 18.0 Å². The van der Waals surface area contributed by atoms with Crippen molar-refractivity contribution < 1.29 is 23.8 Å². The van der Waals surface area contributed by atoms with Crippen molar-refractivity contribution in [2.75, 3.05) is 18.6 Å². The number of rotatable bonds is 9. The average molecular weight is 476 g/mol. The number of allylic oxidation sites excluding steroid dienone is 1. The summed E-state index contributed by atoms with van der Waals surface area (Å²) < 4.78 is 16.5. The van der Waals surface area contributed by atoms with Crippen LogP contribution in [0, 0.1) is 0 Å². The van der Waals surface area contributed by atoms with Gasteiger partial charge in [-0.1, -0.05) is 60.7 Å². The summed E-state index contributed by atoms with van der Waals surface area (Å²) in [5.74, 6) is 0.296. The van der Waals surface area contributed by atoms with Crippen LogP contribution in [-0.2, 0) is 20.9 Å². The molecule has 3 rings (SSSR count). The van der Waals surface area contributed by atoms with E-state index in [1.165, 1.54) is 13.2 Å². The van der Waals surface area contributed by atoms with Crippen LogP contribution in [0.25, 0.3) is 10.8 Å². The van der Waals surface area contributed by atoms with E-state index < -0.39 is 17.7 Å². The van der Waals surface area contributed by atoms with Crippen LogP contribution in [0.15, 0.2) is 78.9 Å². The van der Waals surface area contributed by atoms with Crippen molar-refractivity contribution >= 4 is 28.5 Å². The van der Waals surface area contributed by atoms with Crippen molar-refractivity contribution in [2.24, 2.45) is 0 Å². The van der Waals surface area contributed by atoms with Gasteiger partial charge < -0.3 is 14.2 Å². The van der Waals surface area contributed by atoms with Crippen LogP contribution in [0.3, 0.4) is 0 Å². The van der Waals surface area contributed by atoms with Gasteiger partial charge in [-0.2, -0.15) is 0 Å². The molecule has 0 aromatic heterocycles. The molecular formula is C29H33NO5. The molecule has 35 heavy (non-hydrogen) atoms. The highest BCUT2D eigenvalue weighted by atomic mass is 16.6. The fraction of sp³-hybridized carbons (Fsp3) is 0.310. The number of carbonyl (C=O) groups is 2. The lowest BCUT2D eigenvalue weighted by molar-refractivity contribution is -0.134. The van der Waals surface area contributed by atoms with E-state index in [0.29, 0.717) is 37.4 Å². The molecule has 3 aromatic rings. The number of fused-ring (bicyclic) bond motifs is 1. The predicted molar refractivity (Wildman–Crippen MR) is 139 cm³/mol. The number of anilines is 1. The lowest BCUT2D eigenvalue weighted by Crippen LogP contribution is -2.37. The average Bonchev–Trinajstić information content (AvgIpc) is 2.83. The molecule has 0 atom stereocenters. The molecule has 0 N–H and O–H groups in total. The summed E-state index contributed by atoms with van der Waals surface area (Å²) in [6, 6.07) is 21.8. The normalized spacial score (nSPS) is 11.4. The Bertz CT molecular complexity index is 1160. The second-order valence-electron chi connectivity index (χ2n) is 9.14. The molecular weight excluding hydrogens is 442 g/mol. The largest absolute Gasteiger partial charge is 0.488 e. The zero-order chi connectivity index (χ0) is 25.3. The van der Waals surface area contributed by atoms with E-state index in [0.717, 1.165) is 16.3 Å². The van der Waals surface area contributed by atoms with Gasteiger partial charge in [-0.25, -0.2) is 9.59 Å². The van der Waals surface area contributed by atoms with Gasteiger partial charge in [0, 0.05) is 24.1 Å². The number of ether oxygens (including phenoxy) is 3. The molecule has 184 valence electrons. The first kappa shape index (κ1) is 25.8. The molecule has 0 saturated carbocycles. The molecule has 6 heteroatoms. The van der Waals surface area contributed by atoms with Gasteiger partial charge in [0.25, 0.3) is 0 Å². The number of esters is 1. The summed E-state index contributed by atoms with van der Waals surface area (Å²) in [7, 11) is 1.34. The molecule has 0 aliphatic rings. The monoisotopic (exact) mass is 475 g/mol. The number of hydrogen-bond acceptors (Lipinski definition) is 5. The molecule has 6 nitrogen and oxygen atoms in total. The Kier molecular flexibility index (Phi) is 8.90. The molecule has 3 aromatic carbocycles. The number of nitrogens with zero attached hydrogens (tertiary/aromatic N) is 1. The fourth-order valence-corrected chi connectivity index (χ4v) is 3.53. The van der Waals surface area contributed by atoms with Crippen LogP contribution in [0.1, 0.15) is 39.2 Å². The Labute approximate surface area is 207 Å². The smallest absolute Gasteiger partial charge is 0.414 e. The molecule has 0 unspecified atom stereocenters. The van der Waals surface area contributed by atoms with E-state index in [-0.39, 0.29) is 0 Å². The van der Waals surface area contributed by atoms with Crippen LogP contribution in [0.5, 0.6) is 5.75 Å². The summed E-state index contributed by atoms with van der Waals surface area (Å²) in [5.41, 5.74) is 1.12. The number of amides is 1. The van der Waals surface area contributed by atoms with Gasteiger partial charge >= 0.3 is 12.1 Å². The van der Waals surface area contributed by atoms with Gasteiger partial charge in [0.15, 0.2) is 0 Å². The third-order valence-electron chi connectivity index (χ3n) is 5.18. The Morgan fingerprint density at radius 1 is 0.971 bits per heavy atom. The molecule has 0 spiro atoms. The van der Waals surface area contributed by atoms with E-state index in [2.05, 4.69) is 4.74 Å². The van der Waals surface area contributed by atoms with Gasteiger partial charge in [-0.05, 0) is 50.6 Å². The number of hydrogen-bond donors (Lipinski definition) is 0. The highest BCUT2D eigenvalue weighted by molar-refractivity contribution is 5.96. The van der Waals surface area contributed by atoms with E-state index in [9.17, 15) is 9.59 Å². The standard InChI is InChI=1S/C29H33NO5/c1-29(2,3)35-28(32)30(18-12-6-9-17-27(31)33-4)24-19-23-15-10-11-16-25(23)26(20-24)34-21-22-13-7-5-8-14-22/h5,7-11,13-17,19-20H,6,12,18,21H2,1-4H3/b17-9+. The summed E-state index contributed by atoms with van der Waals surface area (Å²) in [6.07, 6.45) is 3.95. The topological polar surface area (TPSA) is 65.1 Å². The fourth-order valence-electron chi connectivity index (χ4n) is 3.53. The maximum Gasteiger partial charge on any atom is 0.414 e. The maximum atomic E-state index is 13.2. The number of unbranched alkanes of at least 4 members (excludes halogenated alkanes) is 1. The van der Waals surface area contributed by atoms with E-state index in [1.807, 2.05) is 87.5 Å². The van der Waals surface area contributed by atoms with Gasteiger partial charge in [-0.15, -0.1) is 0 Å². The zero-order valence-corrected chi connectivity index (χ0v) is 20.8. The van der Waals surface area contributed by atoms with Crippen molar-refractivity contribution in [2.45, 2.75) is 45.8 Å². The quantitative estimate of drug-likeness (QED) is 0.196. The number of carbonyl (C=O) groups excluding carboxylic acids is 2. The number of benzene rings is 3. The predicted octanol–water partition coefficient (Wildman–Crippen LogP) is 6.67. The van der Waals surface area contributed by atoms with Crippen molar-refractivity contribution in [3.05, 3.63) is 84.4 Å². The Morgan fingerprint density at radius 2 is 1.69 bits per heavy atom. The second-order valence-corrected chi connectivity index (χ2v) is 9.14. The van der Waals surface area contributed by atoms with Crippen molar-refractivity contribution in [3.8, 4) is 5.75 Å². The molecule has 0 saturated heterocycles. The number of methoxy groups -OCH3 is 1. The minimum absolute atomic E-state index is 0.399. The van der Waals surface area contributed by atoms with E-state index in [4.69, 9.17) is 9.47 Å². The van der Waals surface area contributed by atoms with Crippen LogP contribution < -0.4 is 9.64 Å². The first-order chi connectivity index (χ1) is 16.8. The van der Waals surface area contributed by atoms with Gasteiger partial charge in [0.05, 0.1) is 12.8 Å². The molecule has 0 heterocycles. The van der Waals surface area contributed by atoms with E-state index in [1.54, 1.807) is 11.0 Å². The van der Waals surface area contributed by atoms with Gasteiger partial charge in [-0.3, -0.25) is 4.90 Å². The third-order valence-corrected chi connectivity index (χ3v) is 5.18. The van der Waals surface area contributed by atoms with Crippen molar-refractivity contribution in [1.82, 2.24) is 0 Å². The van der Waals surface area contributed by atoms with Crippen LogP contribution in [-0.4, -0.2) is 31.3 Å². The minimum Gasteiger partial charge on any atom is -0.488 e. The summed E-state index contributed by atoms with van der Waals surface area (Å²) in [6.45, 7) is 6.36. The molecule has 0 bridgehead atoms. The molecule has 0 radical (unpaired) electrons. The highest BCUT2D eigenvalue weighted by Crippen LogP contribution is 2.33. The molecule has 1 amide bonds. The Hall–Kier alpha value is -3.80. The zero-order valence-electron chi connectivity index (χ0n) is 20.8. The molecule has 0 aliphatic heterocycles. The first-order valence-corrected chi connectivity index (χ1v) is 11.7. The Morgan fingerprint density at radius 3 is 2.40 bits per heavy atom. The van der Waals surface area contributed by atoms with Gasteiger partial charge in [0.2, 0.25) is 0 Å². The van der Waals surface area contributed by atoms with Crippen LogP contribution >= 0.6 is 0 Å². The van der Waals surface area contributed by atoms with Crippen LogP contribution in [0.2, 0.25) is 0 Å². The lowest BCUT2D eigenvalue weighted by atomic mass is 10.1. The summed E-state index contributed by atoms with van der Waals surface area (Å²) in [4.78, 5) is 26.1. The Balaban J connectivity index is 1.89. The maximum absolute atomic E-state index is 13.2. The van der Waals surface area contributed by atoms with E-state index >= 15 is 0 Å². The summed E-state index contributed by atoms with van der Waals surface area (Å²) in [5, 5.41) is 1.93. The highest BCUT2D eigenvalue weighted by Gasteiger charge is 2.24. The SMILES string of the molecule is COC(=O)/C=C/CCCN(C(=O)OC(C)(C)C)c1cc(OCc2ccccc2)c2ccccc2c1. The second kappa shape index (κ2) is 12.1. The minimum atomic E-state index is -0.635. The van der Waals surface area contributed by atoms with Crippen molar-refractivity contribution in [1.29, 1.82) is 0 Å². The molecule has 0 aliphatic carbocycles. The molecule has 0 fully saturated rings. The lowest BCUT2D eigenvalue weighted by Gasteiger charge is -2.28. The first-order valence-electron chi connectivity index (χ1n) is 11.7. The third kappa shape index (κ3) is 7.88.